The maximum Gasteiger partial charge on any atom is 0.275 e. The molecule has 1 aromatic carbocycles. The van der Waals surface area contributed by atoms with E-state index >= 15 is 0 Å². The monoisotopic (exact) mass is 275 g/mol. The number of hydrazine groups is 1. The Morgan fingerprint density at radius 3 is 2.30 bits per heavy atom. The Balaban J connectivity index is 2.00. The first kappa shape index (κ1) is 13.5. The molecule has 7 heteroatoms. The standard InChI is InChI=1S/C13H10FN3O3/c14-9-5-3-8(4-6-9)11(18)16-17-13(20)10-2-1-7-15-12(10)19/h1-7H,(H,15,19)(H,16,18)(H,17,20). The van der Waals surface area contributed by atoms with Gasteiger partial charge in [-0.2, -0.15) is 0 Å². The van der Waals surface area contributed by atoms with Crippen LogP contribution < -0.4 is 16.4 Å². The molecule has 3 N–H and O–H groups in total. The maximum atomic E-state index is 12.7. The second-order valence-electron chi connectivity index (χ2n) is 3.83. The predicted octanol–water partition coefficient (Wildman–Crippen LogP) is 0.589. The fraction of sp³-hybridized carbons (Fsp3) is 0. The summed E-state index contributed by atoms with van der Waals surface area (Å²) in [6, 6.07) is 7.59. The number of H-pyrrole nitrogens is 1. The number of amides is 2. The first-order chi connectivity index (χ1) is 9.58. The van der Waals surface area contributed by atoms with Gasteiger partial charge < -0.3 is 4.98 Å². The Morgan fingerprint density at radius 2 is 1.65 bits per heavy atom. The van der Waals surface area contributed by atoms with E-state index < -0.39 is 23.2 Å². The number of nitrogens with one attached hydrogen (secondary N) is 3. The fourth-order valence-corrected chi connectivity index (χ4v) is 1.45. The van der Waals surface area contributed by atoms with Crippen molar-refractivity contribution in [1.82, 2.24) is 15.8 Å². The van der Waals surface area contributed by atoms with Gasteiger partial charge in [0.05, 0.1) is 0 Å². The van der Waals surface area contributed by atoms with Crippen molar-refractivity contribution < 1.29 is 14.0 Å². The molecule has 20 heavy (non-hydrogen) atoms. The molecule has 6 nitrogen and oxygen atoms in total. The van der Waals surface area contributed by atoms with Crippen LogP contribution in [-0.4, -0.2) is 16.8 Å². The highest BCUT2D eigenvalue weighted by Gasteiger charge is 2.11. The summed E-state index contributed by atoms with van der Waals surface area (Å²) in [4.78, 5) is 37.0. The lowest BCUT2D eigenvalue weighted by atomic mass is 10.2. The van der Waals surface area contributed by atoms with Crippen LogP contribution in [-0.2, 0) is 0 Å². The van der Waals surface area contributed by atoms with Gasteiger partial charge in [-0.25, -0.2) is 4.39 Å². The first-order valence-electron chi connectivity index (χ1n) is 5.62. The largest absolute Gasteiger partial charge is 0.328 e. The second-order valence-corrected chi connectivity index (χ2v) is 3.83. The molecule has 2 amide bonds. The number of pyridine rings is 1. The third-order valence-electron chi connectivity index (χ3n) is 2.46. The maximum absolute atomic E-state index is 12.7. The van der Waals surface area contributed by atoms with Gasteiger partial charge >= 0.3 is 0 Å². The van der Waals surface area contributed by atoms with Crippen LogP contribution in [0.5, 0.6) is 0 Å². The van der Waals surface area contributed by atoms with Crippen LogP contribution in [0, 0.1) is 5.82 Å². The van der Waals surface area contributed by atoms with E-state index in [9.17, 15) is 18.8 Å². The lowest BCUT2D eigenvalue weighted by Gasteiger charge is -2.06. The van der Waals surface area contributed by atoms with Crippen molar-refractivity contribution in [1.29, 1.82) is 0 Å². The van der Waals surface area contributed by atoms with Crippen molar-refractivity contribution >= 4 is 11.8 Å². The minimum Gasteiger partial charge on any atom is -0.328 e. The van der Waals surface area contributed by atoms with E-state index in [4.69, 9.17) is 0 Å². The van der Waals surface area contributed by atoms with Gasteiger partial charge in [0, 0.05) is 11.8 Å². The van der Waals surface area contributed by atoms with Crippen molar-refractivity contribution in [3.8, 4) is 0 Å². The number of rotatable bonds is 2. The fourth-order valence-electron chi connectivity index (χ4n) is 1.45. The van der Waals surface area contributed by atoms with E-state index in [1.165, 1.54) is 30.5 Å². The van der Waals surface area contributed by atoms with Crippen molar-refractivity contribution in [3.63, 3.8) is 0 Å². The molecular weight excluding hydrogens is 265 g/mol. The topological polar surface area (TPSA) is 91.1 Å². The minimum atomic E-state index is -0.748. The van der Waals surface area contributed by atoms with Gasteiger partial charge in [0.2, 0.25) is 0 Å². The molecule has 0 radical (unpaired) electrons. The number of carbonyl (C=O) groups excluding carboxylic acids is 2. The molecular formula is C13H10FN3O3. The molecule has 2 aromatic rings. The summed E-state index contributed by atoms with van der Waals surface area (Å²) in [6.07, 6.45) is 1.39. The quantitative estimate of drug-likeness (QED) is 0.700. The third kappa shape index (κ3) is 3.08. The minimum absolute atomic E-state index is 0.132. The van der Waals surface area contributed by atoms with Gasteiger partial charge in [0.25, 0.3) is 17.4 Å². The van der Waals surface area contributed by atoms with Gasteiger partial charge in [-0.1, -0.05) is 0 Å². The Morgan fingerprint density at radius 1 is 1.00 bits per heavy atom. The van der Waals surface area contributed by atoms with E-state index in [1.54, 1.807) is 0 Å². The molecule has 1 aromatic heterocycles. The molecule has 0 aliphatic carbocycles. The van der Waals surface area contributed by atoms with Crippen LogP contribution in [0.4, 0.5) is 4.39 Å². The van der Waals surface area contributed by atoms with Crippen LogP contribution in [0.3, 0.4) is 0 Å². The summed E-state index contributed by atoms with van der Waals surface area (Å²) in [6.45, 7) is 0. The number of halogens is 1. The molecule has 0 bridgehead atoms. The normalized spacial score (nSPS) is 9.85. The van der Waals surface area contributed by atoms with Crippen molar-refractivity contribution in [2.75, 3.05) is 0 Å². The zero-order valence-electron chi connectivity index (χ0n) is 10.1. The molecule has 2 rings (SSSR count). The smallest absolute Gasteiger partial charge is 0.275 e. The summed E-state index contributed by atoms with van der Waals surface area (Å²) in [5.74, 6) is -1.84. The Kier molecular flexibility index (Phi) is 3.90. The van der Waals surface area contributed by atoms with Crippen molar-refractivity contribution in [2.24, 2.45) is 0 Å². The van der Waals surface area contributed by atoms with Crippen LogP contribution >= 0.6 is 0 Å². The molecule has 0 aliphatic rings. The van der Waals surface area contributed by atoms with Crippen molar-refractivity contribution in [2.45, 2.75) is 0 Å². The molecule has 1 heterocycles. The zero-order valence-corrected chi connectivity index (χ0v) is 10.1. The van der Waals surface area contributed by atoms with Gasteiger partial charge in [-0.3, -0.25) is 25.2 Å². The molecule has 0 saturated heterocycles. The Hall–Kier alpha value is -2.96. The highest BCUT2D eigenvalue weighted by Crippen LogP contribution is 2.01. The second kappa shape index (κ2) is 5.79. The Labute approximate surface area is 112 Å². The molecule has 0 aliphatic heterocycles. The van der Waals surface area contributed by atoms with Crippen LogP contribution in [0.2, 0.25) is 0 Å². The molecule has 0 fully saturated rings. The van der Waals surface area contributed by atoms with Crippen LogP contribution in [0.15, 0.2) is 47.4 Å². The summed E-state index contributed by atoms with van der Waals surface area (Å²) in [5, 5.41) is 0. The third-order valence-corrected chi connectivity index (χ3v) is 2.46. The number of hydrogen-bond donors (Lipinski definition) is 3. The van der Waals surface area contributed by atoms with E-state index in [-0.39, 0.29) is 11.1 Å². The zero-order chi connectivity index (χ0) is 14.5. The van der Waals surface area contributed by atoms with E-state index in [0.717, 1.165) is 12.1 Å². The number of aromatic amines is 1. The van der Waals surface area contributed by atoms with Crippen molar-refractivity contribution in [3.05, 3.63) is 69.9 Å². The predicted molar refractivity (Wildman–Crippen MR) is 68.4 cm³/mol. The lowest BCUT2D eigenvalue weighted by Crippen LogP contribution is -2.43. The average molecular weight is 275 g/mol. The van der Waals surface area contributed by atoms with Crippen LogP contribution in [0.1, 0.15) is 20.7 Å². The molecule has 0 unspecified atom stereocenters. The Bertz CT molecular complexity index is 695. The first-order valence-corrected chi connectivity index (χ1v) is 5.62. The van der Waals surface area contributed by atoms with Gasteiger partial charge in [0.1, 0.15) is 11.4 Å². The number of carbonyl (C=O) groups is 2. The summed E-state index contributed by atoms with van der Waals surface area (Å²) >= 11 is 0. The number of aromatic nitrogens is 1. The highest BCUT2D eigenvalue weighted by atomic mass is 19.1. The number of benzene rings is 1. The van der Waals surface area contributed by atoms with Gasteiger partial charge in [-0.05, 0) is 36.4 Å². The molecule has 0 saturated carbocycles. The van der Waals surface area contributed by atoms with E-state index in [1.807, 2.05) is 0 Å². The van der Waals surface area contributed by atoms with E-state index in [0.29, 0.717) is 0 Å². The highest BCUT2D eigenvalue weighted by molar-refractivity contribution is 5.98. The van der Waals surface area contributed by atoms with Gasteiger partial charge in [0.15, 0.2) is 0 Å². The van der Waals surface area contributed by atoms with Crippen LogP contribution in [0.25, 0.3) is 0 Å². The molecule has 102 valence electrons. The molecule has 0 atom stereocenters. The summed E-state index contributed by atoms with van der Waals surface area (Å²) in [5.41, 5.74) is 3.70. The number of hydrogen-bond acceptors (Lipinski definition) is 3. The van der Waals surface area contributed by atoms with E-state index in [2.05, 4.69) is 15.8 Å². The van der Waals surface area contributed by atoms with Gasteiger partial charge in [-0.15, -0.1) is 0 Å². The summed E-state index contributed by atoms with van der Waals surface area (Å²) in [7, 11) is 0. The average Bonchev–Trinajstić information content (AvgIpc) is 2.45. The molecule has 0 spiro atoms. The summed E-state index contributed by atoms with van der Waals surface area (Å²) < 4.78 is 12.7. The SMILES string of the molecule is O=C(NNC(=O)c1ccc[nH]c1=O)c1ccc(F)cc1. The lowest BCUT2D eigenvalue weighted by molar-refractivity contribution is 0.0845.